The van der Waals surface area contributed by atoms with Gasteiger partial charge in [0.1, 0.15) is 12.6 Å². The van der Waals surface area contributed by atoms with Gasteiger partial charge in [-0.15, -0.1) is 0 Å². The van der Waals surface area contributed by atoms with E-state index in [9.17, 15) is 18.0 Å². The fraction of sp³-hybridized carbons (Fsp3) is 0.364. The summed E-state index contributed by atoms with van der Waals surface area (Å²) in [6.07, 6.45) is 1.36. The summed E-state index contributed by atoms with van der Waals surface area (Å²) < 4.78 is 26.0. The first-order valence-electron chi connectivity index (χ1n) is 9.96. The molecule has 0 aliphatic carbocycles. The minimum absolute atomic E-state index is 0.152. The molecule has 1 N–H and O–H groups in total. The molecule has 2 amide bonds. The van der Waals surface area contributed by atoms with E-state index in [4.69, 9.17) is 23.2 Å². The Bertz CT molecular complexity index is 1050. The van der Waals surface area contributed by atoms with Crippen LogP contribution in [0.3, 0.4) is 0 Å². The molecule has 2 aromatic carbocycles. The molecule has 2 aromatic rings. The fourth-order valence-electron chi connectivity index (χ4n) is 3.27. The Labute approximate surface area is 199 Å². The number of hydrogen-bond acceptors (Lipinski definition) is 4. The average molecular weight is 500 g/mol. The second kappa shape index (κ2) is 11.0. The van der Waals surface area contributed by atoms with E-state index >= 15 is 0 Å². The number of nitrogens with zero attached hydrogens (tertiary/aromatic N) is 2. The van der Waals surface area contributed by atoms with E-state index in [1.165, 1.54) is 30.1 Å². The Balaban J connectivity index is 2.45. The van der Waals surface area contributed by atoms with Gasteiger partial charge in [0.15, 0.2) is 0 Å². The molecule has 0 heterocycles. The van der Waals surface area contributed by atoms with E-state index in [1.54, 1.807) is 6.92 Å². The number of aryl methyl sites for hydroxylation is 1. The van der Waals surface area contributed by atoms with Gasteiger partial charge in [-0.1, -0.05) is 60.0 Å². The fourth-order valence-corrected chi connectivity index (χ4v) is 4.62. The number of hydrogen-bond donors (Lipinski definition) is 1. The number of anilines is 1. The number of carbonyl (C=O) groups excluding carboxylic acids is 2. The van der Waals surface area contributed by atoms with Crippen molar-refractivity contribution in [3.63, 3.8) is 0 Å². The Morgan fingerprint density at radius 3 is 2.09 bits per heavy atom. The van der Waals surface area contributed by atoms with E-state index in [0.717, 1.165) is 21.7 Å². The second-order valence-corrected chi connectivity index (χ2v) is 10.2. The zero-order chi connectivity index (χ0) is 24.1. The van der Waals surface area contributed by atoms with Gasteiger partial charge in [0, 0.05) is 23.6 Å². The molecule has 0 aliphatic heterocycles. The highest BCUT2D eigenvalue weighted by atomic mass is 35.5. The molecule has 0 saturated heterocycles. The summed E-state index contributed by atoms with van der Waals surface area (Å²) in [5.74, 6) is -0.854. The van der Waals surface area contributed by atoms with Gasteiger partial charge >= 0.3 is 0 Å². The summed E-state index contributed by atoms with van der Waals surface area (Å²) in [7, 11) is -2.35. The standard InChI is InChI=1S/C22H27Cl2N3O4S/c1-5-20(22(29)25-3)26(13-16-8-6-15(2)7-9-16)21(28)14-27(32(4,30)31)19-11-17(23)10-18(24)12-19/h6-12,20H,5,13-14H2,1-4H3,(H,25,29)/t20-/m1/s1. The van der Waals surface area contributed by atoms with E-state index in [-0.39, 0.29) is 28.2 Å². The van der Waals surface area contributed by atoms with Crippen LogP contribution in [0.5, 0.6) is 0 Å². The van der Waals surface area contributed by atoms with Gasteiger partial charge in [-0.25, -0.2) is 8.42 Å². The molecule has 32 heavy (non-hydrogen) atoms. The number of benzene rings is 2. The normalized spacial score (nSPS) is 12.2. The molecule has 0 aliphatic rings. The van der Waals surface area contributed by atoms with Crippen molar-refractivity contribution in [3.05, 3.63) is 63.6 Å². The molecule has 0 radical (unpaired) electrons. The third kappa shape index (κ3) is 6.85. The molecule has 0 aromatic heterocycles. The molecule has 174 valence electrons. The molecule has 7 nitrogen and oxygen atoms in total. The van der Waals surface area contributed by atoms with Crippen LogP contribution in [0, 0.1) is 6.92 Å². The number of nitrogens with one attached hydrogen (secondary N) is 1. The predicted molar refractivity (Wildman–Crippen MR) is 129 cm³/mol. The quantitative estimate of drug-likeness (QED) is 0.570. The first kappa shape index (κ1) is 26.0. The van der Waals surface area contributed by atoms with Crippen molar-refractivity contribution in [2.24, 2.45) is 0 Å². The lowest BCUT2D eigenvalue weighted by atomic mass is 10.1. The van der Waals surface area contributed by atoms with Crippen LogP contribution in [0.25, 0.3) is 0 Å². The lowest BCUT2D eigenvalue weighted by molar-refractivity contribution is -0.140. The van der Waals surface area contributed by atoms with Crippen LogP contribution < -0.4 is 9.62 Å². The smallest absolute Gasteiger partial charge is 0.244 e. The van der Waals surface area contributed by atoms with Crippen LogP contribution in [0.1, 0.15) is 24.5 Å². The number of carbonyl (C=O) groups is 2. The lowest BCUT2D eigenvalue weighted by Crippen LogP contribution is -2.51. The molecule has 1 atom stereocenters. The van der Waals surface area contributed by atoms with Gasteiger partial charge in [-0.3, -0.25) is 13.9 Å². The summed E-state index contributed by atoms with van der Waals surface area (Å²) in [5, 5.41) is 3.05. The van der Waals surface area contributed by atoms with Crippen LogP contribution in [0.15, 0.2) is 42.5 Å². The molecule has 0 unspecified atom stereocenters. The minimum atomic E-state index is -3.85. The molecule has 0 bridgehead atoms. The summed E-state index contributed by atoms with van der Waals surface area (Å²) in [4.78, 5) is 27.3. The van der Waals surface area contributed by atoms with Crippen LogP contribution in [-0.4, -0.2) is 51.0 Å². The summed E-state index contributed by atoms with van der Waals surface area (Å²) >= 11 is 12.1. The molecule has 10 heteroatoms. The monoisotopic (exact) mass is 499 g/mol. The number of sulfonamides is 1. The number of likely N-dealkylation sites (N-methyl/N-ethyl adjacent to an activating group) is 1. The number of amides is 2. The van der Waals surface area contributed by atoms with Gasteiger partial charge in [-0.2, -0.15) is 0 Å². The van der Waals surface area contributed by atoms with Gasteiger partial charge in [-0.05, 0) is 37.1 Å². The highest BCUT2D eigenvalue weighted by Gasteiger charge is 2.31. The lowest BCUT2D eigenvalue weighted by Gasteiger charge is -2.32. The third-order valence-electron chi connectivity index (χ3n) is 4.92. The maximum atomic E-state index is 13.4. The predicted octanol–water partition coefficient (Wildman–Crippen LogP) is 3.62. The Morgan fingerprint density at radius 2 is 1.62 bits per heavy atom. The van der Waals surface area contributed by atoms with Crippen molar-refractivity contribution in [2.45, 2.75) is 32.9 Å². The van der Waals surface area contributed by atoms with Crippen LogP contribution in [0.4, 0.5) is 5.69 Å². The average Bonchev–Trinajstić information content (AvgIpc) is 2.71. The van der Waals surface area contributed by atoms with E-state index in [2.05, 4.69) is 5.32 Å². The van der Waals surface area contributed by atoms with Crippen molar-refractivity contribution >= 4 is 50.7 Å². The highest BCUT2D eigenvalue weighted by Crippen LogP contribution is 2.27. The van der Waals surface area contributed by atoms with Gasteiger partial charge in [0.2, 0.25) is 21.8 Å². The second-order valence-electron chi connectivity index (χ2n) is 7.44. The van der Waals surface area contributed by atoms with E-state index < -0.39 is 28.5 Å². The summed E-state index contributed by atoms with van der Waals surface area (Å²) in [6.45, 7) is 3.39. The van der Waals surface area contributed by atoms with Crippen LogP contribution in [-0.2, 0) is 26.2 Å². The van der Waals surface area contributed by atoms with Gasteiger partial charge in [0.25, 0.3) is 0 Å². The maximum absolute atomic E-state index is 13.4. The first-order chi connectivity index (χ1) is 15.0. The molecule has 0 saturated carbocycles. The van der Waals surface area contributed by atoms with Crippen molar-refractivity contribution in [3.8, 4) is 0 Å². The molecule has 0 spiro atoms. The van der Waals surface area contributed by atoms with Gasteiger partial charge in [0.05, 0.1) is 11.9 Å². The zero-order valence-corrected chi connectivity index (χ0v) is 20.8. The van der Waals surface area contributed by atoms with Crippen molar-refractivity contribution in [2.75, 3.05) is 24.2 Å². The molecule has 2 rings (SSSR count). The summed E-state index contributed by atoms with van der Waals surface area (Å²) in [5.41, 5.74) is 2.05. The van der Waals surface area contributed by atoms with Crippen molar-refractivity contribution in [1.82, 2.24) is 10.2 Å². The topological polar surface area (TPSA) is 86.8 Å². The zero-order valence-electron chi connectivity index (χ0n) is 18.4. The van der Waals surface area contributed by atoms with E-state index in [1.807, 2.05) is 31.2 Å². The highest BCUT2D eigenvalue weighted by molar-refractivity contribution is 7.92. The third-order valence-corrected chi connectivity index (χ3v) is 6.50. The SMILES string of the molecule is CC[C@H](C(=O)NC)N(Cc1ccc(C)cc1)C(=O)CN(c1cc(Cl)cc(Cl)c1)S(C)(=O)=O. The Kier molecular flexibility index (Phi) is 8.95. The van der Waals surface area contributed by atoms with Crippen molar-refractivity contribution < 1.29 is 18.0 Å². The minimum Gasteiger partial charge on any atom is -0.357 e. The number of halogens is 2. The molecule has 0 fully saturated rings. The van der Waals surface area contributed by atoms with Gasteiger partial charge < -0.3 is 10.2 Å². The molecular formula is C22H27Cl2N3O4S. The van der Waals surface area contributed by atoms with Crippen LogP contribution >= 0.6 is 23.2 Å². The summed E-state index contributed by atoms with van der Waals surface area (Å²) in [6, 6.07) is 11.1. The Morgan fingerprint density at radius 1 is 1.06 bits per heavy atom. The first-order valence-corrected chi connectivity index (χ1v) is 12.6. The van der Waals surface area contributed by atoms with Crippen LogP contribution in [0.2, 0.25) is 10.0 Å². The Hall–Kier alpha value is -2.29. The molecular weight excluding hydrogens is 473 g/mol. The maximum Gasteiger partial charge on any atom is 0.244 e. The number of rotatable bonds is 9. The largest absolute Gasteiger partial charge is 0.357 e. The van der Waals surface area contributed by atoms with E-state index in [0.29, 0.717) is 6.42 Å². The van der Waals surface area contributed by atoms with Crippen molar-refractivity contribution in [1.29, 1.82) is 0 Å².